The molecule has 0 bridgehead atoms. The van der Waals surface area contributed by atoms with E-state index in [1.54, 1.807) is 0 Å². The van der Waals surface area contributed by atoms with Gasteiger partial charge in [-0.3, -0.25) is 15.0 Å². The predicted octanol–water partition coefficient (Wildman–Crippen LogP) is 3.43. The van der Waals surface area contributed by atoms with Gasteiger partial charge in [-0.05, 0) is 76.5 Å². The van der Waals surface area contributed by atoms with Crippen molar-refractivity contribution in [3.05, 3.63) is 0 Å². The second-order valence-electron chi connectivity index (χ2n) is 16.4. The minimum absolute atomic E-state index is 0.0299. The molecule has 0 radical (unpaired) electrons. The number of nitrogens with one attached hydrogen (secondary N) is 4. The lowest BCUT2D eigenvalue weighted by Crippen LogP contribution is -2.50. The average Bonchev–Trinajstić information content (AvgIpc) is 2.79. The van der Waals surface area contributed by atoms with Crippen molar-refractivity contribution in [2.24, 2.45) is 33.6 Å². The molecular formula is C32H66N6O4. The van der Waals surface area contributed by atoms with Gasteiger partial charge in [-0.25, -0.2) is 0 Å². The quantitative estimate of drug-likeness (QED) is 0.0826. The molecule has 10 heteroatoms. The highest BCUT2D eigenvalue weighted by molar-refractivity contribution is 5.84. The highest BCUT2D eigenvalue weighted by Gasteiger charge is 2.33. The van der Waals surface area contributed by atoms with Crippen molar-refractivity contribution in [2.75, 3.05) is 13.1 Å². The third-order valence-electron chi connectivity index (χ3n) is 7.75. The maximum Gasteiger partial charge on any atom is 0.251 e. The van der Waals surface area contributed by atoms with Crippen LogP contribution < -0.4 is 27.4 Å². The lowest BCUT2D eigenvalue weighted by Gasteiger charge is -2.37. The van der Waals surface area contributed by atoms with Crippen molar-refractivity contribution >= 4 is 17.6 Å². The Balaban J connectivity index is 4.77. The maximum atomic E-state index is 12.7. The summed E-state index contributed by atoms with van der Waals surface area (Å²) in [4.78, 5) is 25.1. The average molecular weight is 599 g/mol. The molecule has 0 saturated carbocycles. The summed E-state index contributed by atoms with van der Waals surface area (Å²) in [6.45, 7) is 25.1. The number of carbonyl (C=O) groups is 2. The van der Waals surface area contributed by atoms with Gasteiger partial charge in [-0.15, -0.1) is 0 Å². The van der Waals surface area contributed by atoms with Crippen LogP contribution in [0.5, 0.6) is 0 Å². The van der Waals surface area contributed by atoms with Crippen LogP contribution in [0.1, 0.15) is 122 Å². The molecule has 248 valence electrons. The van der Waals surface area contributed by atoms with Crippen molar-refractivity contribution in [1.29, 1.82) is 5.41 Å². The van der Waals surface area contributed by atoms with Gasteiger partial charge in [0, 0.05) is 42.0 Å². The van der Waals surface area contributed by atoms with E-state index in [-0.39, 0.29) is 41.0 Å². The Hall–Kier alpha value is -1.75. The van der Waals surface area contributed by atoms with Crippen LogP contribution in [0.4, 0.5) is 0 Å². The van der Waals surface area contributed by atoms with Crippen LogP contribution in [0.3, 0.4) is 0 Å². The van der Waals surface area contributed by atoms with Crippen molar-refractivity contribution < 1.29 is 19.8 Å². The molecule has 42 heavy (non-hydrogen) atoms. The minimum atomic E-state index is -1.63. The molecule has 0 rings (SSSR count). The Kier molecular flexibility index (Phi) is 15.2. The molecule has 0 aromatic heterocycles. The first-order chi connectivity index (χ1) is 18.7. The highest BCUT2D eigenvalue weighted by Crippen LogP contribution is 2.30. The molecular weight excluding hydrogens is 532 g/mol. The third-order valence-corrected chi connectivity index (χ3v) is 7.75. The Morgan fingerprint density at radius 1 is 0.833 bits per heavy atom. The lowest BCUT2D eigenvalue weighted by molar-refractivity contribution is -0.137. The van der Waals surface area contributed by atoms with Gasteiger partial charge >= 0.3 is 0 Å². The number of hydrogen-bond acceptors (Lipinski definition) is 7. The van der Waals surface area contributed by atoms with Crippen LogP contribution in [0.15, 0.2) is 0 Å². The summed E-state index contributed by atoms with van der Waals surface area (Å²) in [5, 5.41) is 38.3. The van der Waals surface area contributed by atoms with E-state index in [1.807, 2.05) is 41.5 Å². The Labute approximate surface area is 256 Å². The summed E-state index contributed by atoms with van der Waals surface area (Å²) in [5.41, 5.74) is 10.5. The molecule has 3 atom stereocenters. The third kappa shape index (κ3) is 16.8. The van der Waals surface area contributed by atoms with E-state index in [1.165, 1.54) is 0 Å². The van der Waals surface area contributed by atoms with Crippen LogP contribution in [-0.4, -0.2) is 70.3 Å². The Morgan fingerprint density at radius 3 is 1.83 bits per heavy atom. The number of carbonyl (C=O) groups excluding carboxylic acids is 2. The van der Waals surface area contributed by atoms with Crippen LogP contribution in [-0.2, 0) is 9.59 Å². The number of nitrogens with two attached hydrogens (primary N) is 2. The van der Waals surface area contributed by atoms with Crippen molar-refractivity contribution in [3.8, 4) is 0 Å². The fourth-order valence-electron chi connectivity index (χ4n) is 5.63. The standard InChI is InChI=1S/C32H66N6O4/c1-21(2)22(33)15-16-30(7,8)27(34)37-20-29(5,6)18-32(11,12)38-24(40)14-13-23(39)25(41)26(42)36-19-28(3,4)17-31(9,10)35/h21-23,25,39,41H,13-20,33,35H2,1-12H3,(H2,34,37)(H,36,42)(H,38,40)/t22?,23-,25+/m1/s1. The van der Waals surface area contributed by atoms with Gasteiger partial charge in [-0.2, -0.15) is 0 Å². The number of hydrogen-bond donors (Lipinski definition) is 8. The first-order valence-electron chi connectivity index (χ1n) is 15.5. The SMILES string of the molecule is CC(C)C(N)CCC(C)(C)C(=N)NCC(C)(C)CC(C)(C)NC(=O)CC[C@@H](O)[C@H](O)C(=O)NCC(C)(C)CC(C)(C)N. The summed E-state index contributed by atoms with van der Waals surface area (Å²) < 4.78 is 0. The maximum absolute atomic E-state index is 12.7. The first-order valence-corrected chi connectivity index (χ1v) is 15.5. The van der Waals surface area contributed by atoms with E-state index in [4.69, 9.17) is 16.9 Å². The number of rotatable bonds is 19. The van der Waals surface area contributed by atoms with Gasteiger partial charge < -0.3 is 37.6 Å². The van der Waals surface area contributed by atoms with E-state index in [2.05, 4.69) is 57.5 Å². The van der Waals surface area contributed by atoms with Crippen molar-refractivity contribution in [2.45, 2.75) is 151 Å². The molecule has 0 aliphatic rings. The molecule has 0 aliphatic carbocycles. The molecule has 0 aromatic rings. The molecule has 0 aromatic carbocycles. The van der Waals surface area contributed by atoms with Gasteiger partial charge in [-0.1, -0.05) is 55.4 Å². The summed E-state index contributed by atoms with van der Waals surface area (Å²) in [6, 6.07) is 0.117. The van der Waals surface area contributed by atoms with Crippen LogP contribution in [0.25, 0.3) is 0 Å². The van der Waals surface area contributed by atoms with Gasteiger partial charge in [0.1, 0.15) is 0 Å². The Bertz CT molecular complexity index is 877. The van der Waals surface area contributed by atoms with Crippen molar-refractivity contribution in [3.63, 3.8) is 0 Å². The van der Waals surface area contributed by atoms with Crippen LogP contribution >= 0.6 is 0 Å². The summed E-state index contributed by atoms with van der Waals surface area (Å²) >= 11 is 0. The zero-order valence-electron chi connectivity index (χ0n) is 28.8. The minimum Gasteiger partial charge on any atom is -0.390 e. The van der Waals surface area contributed by atoms with Gasteiger partial charge in [0.15, 0.2) is 6.10 Å². The zero-order chi connectivity index (χ0) is 33.3. The molecule has 0 heterocycles. The smallest absolute Gasteiger partial charge is 0.251 e. The summed E-state index contributed by atoms with van der Waals surface area (Å²) in [7, 11) is 0. The zero-order valence-corrected chi connectivity index (χ0v) is 28.8. The second-order valence-corrected chi connectivity index (χ2v) is 16.4. The number of aliphatic hydroxyl groups excluding tert-OH is 2. The fraction of sp³-hybridized carbons (Fsp3) is 0.906. The topological polar surface area (TPSA) is 187 Å². The van der Waals surface area contributed by atoms with Gasteiger partial charge in [0.05, 0.1) is 11.9 Å². The number of amides is 2. The lowest BCUT2D eigenvalue weighted by atomic mass is 9.79. The molecule has 10 nitrogen and oxygen atoms in total. The first kappa shape index (κ1) is 40.2. The van der Waals surface area contributed by atoms with E-state index in [0.29, 0.717) is 37.7 Å². The van der Waals surface area contributed by atoms with E-state index >= 15 is 0 Å². The van der Waals surface area contributed by atoms with Crippen LogP contribution in [0, 0.1) is 27.6 Å². The normalized spacial score (nSPS) is 15.6. The van der Waals surface area contributed by atoms with E-state index in [9.17, 15) is 19.8 Å². The molecule has 2 amide bonds. The fourth-order valence-corrected chi connectivity index (χ4v) is 5.63. The molecule has 0 aliphatic heterocycles. The molecule has 0 saturated heterocycles. The molecule has 1 unspecified atom stereocenters. The number of amidine groups is 1. The summed E-state index contributed by atoms with van der Waals surface area (Å²) in [6.07, 6.45) is -0.0722. The van der Waals surface area contributed by atoms with Crippen LogP contribution in [0.2, 0.25) is 0 Å². The van der Waals surface area contributed by atoms with E-state index in [0.717, 1.165) is 12.8 Å². The van der Waals surface area contributed by atoms with E-state index < -0.39 is 29.2 Å². The van der Waals surface area contributed by atoms with Crippen molar-refractivity contribution in [1.82, 2.24) is 16.0 Å². The predicted molar refractivity (Wildman–Crippen MR) is 173 cm³/mol. The second kappa shape index (κ2) is 15.8. The van der Waals surface area contributed by atoms with Gasteiger partial charge in [0.25, 0.3) is 5.91 Å². The molecule has 10 N–H and O–H groups in total. The van der Waals surface area contributed by atoms with Gasteiger partial charge in [0.2, 0.25) is 5.91 Å². The monoisotopic (exact) mass is 599 g/mol. The largest absolute Gasteiger partial charge is 0.390 e. The Morgan fingerprint density at radius 2 is 1.33 bits per heavy atom. The summed E-state index contributed by atoms with van der Waals surface area (Å²) in [5.74, 6) is -0.0462. The molecule has 0 fully saturated rings. The highest BCUT2D eigenvalue weighted by atomic mass is 16.3. The molecule has 0 spiro atoms. The number of aliphatic hydroxyl groups is 2.